The number of hydrogen-bond donors (Lipinski definition) is 2. The van der Waals surface area contributed by atoms with Crippen LogP contribution >= 0.6 is 0 Å². The van der Waals surface area contributed by atoms with E-state index in [0.717, 1.165) is 5.56 Å². The third-order valence-corrected chi connectivity index (χ3v) is 4.52. The molecule has 0 heterocycles. The molecule has 30 heavy (non-hydrogen) atoms. The number of carboxylic acid groups (broad SMARTS) is 1. The molecule has 3 aromatic rings. The third kappa shape index (κ3) is 5.32. The second kappa shape index (κ2) is 9.52. The van der Waals surface area contributed by atoms with Crippen LogP contribution in [0.1, 0.15) is 16.7 Å². The number of nitrogens with zero attached hydrogens (tertiary/aromatic N) is 1. The average Bonchev–Trinajstić information content (AvgIpc) is 2.75. The Labute approximate surface area is 173 Å². The number of aliphatic carboxylic acids is 1. The van der Waals surface area contributed by atoms with Gasteiger partial charge in [0.25, 0.3) is 5.78 Å². The second-order valence-electron chi connectivity index (χ2n) is 6.68. The SMILES string of the molecule is O=C(O)C(=O)/C=C(\O)c1cccc(N(Cc2ccccc2)Cc2ccccc2F)c1. The zero-order valence-corrected chi connectivity index (χ0v) is 16.0. The summed E-state index contributed by atoms with van der Waals surface area (Å²) in [6.45, 7) is 0.765. The topological polar surface area (TPSA) is 77.8 Å². The van der Waals surface area contributed by atoms with Crippen LogP contribution in [0.2, 0.25) is 0 Å². The number of carbonyl (C=O) groups excluding carboxylic acids is 1. The number of ketones is 1. The van der Waals surface area contributed by atoms with Crippen molar-refractivity contribution in [1.82, 2.24) is 0 Å². The molecule has 0 atom stereocenters. The summed E-state index contributed by atoms with van der Waals surface area (Å²) in [5, 5.41) is 18.9. The van der Waals surface area contributed by atoms with Gasteiger partial charge >= 0.3 is 5.97 Å². The molecule has 0 spiro atoms. The zero-order valence-electron chi connectivity index (χ0n) is 16.0. The molecule has 3 rings (SSSR count). The molecule has 0 saturated carbocycles. The Morgan fingerprint density at radius 1 is 0.867 bits per heavy atom. The lowest BCUT2D eigenvalue weighted by Gasteiger charge is -2.26. The number of aliphatic hydroxyl groups excluding tert-OH is 1. The van der Waals surface area contributed by atoms with Gasteiger partial charge in [-0.15, -0.1) is 0 Å². The number of carboxylic acids is 1. The highest BCUT2D eigenvalue weighted by molar-refractivity contribution is 6.38. The quantitative estimate of drug-likeness (QED) is 0.326. The van der Waals surface area contributed by atoms with Crippen LogP contribution in [0.5, 0.6) is 0 Å². The Morgan fingerprint density at radius 3 is 2.27 bits per heavy atom. The van der Waals surface area contributed by atoms with Crippen molar-refractivity contribution in [2.24, 2.45) is 0 Å². The van der Waals surface area contributed by atoms with E-state index in [-0.39, 0.29) is 17.9 Å². The highest BCUT2D eigenvalue weighted by Gasteiger charge is 2.14. The van der Waals surface area contributed by atoms with Gasteiger partial charge in [-0.2, -0.15) is 0 Å². The number of carbonyl (C=O) groups is 2. The first-order valence-electron chi connectivity index (χ1n) is 9.24. The average molecular weight is 405 g/mol. The molecule has 0 saturated heterocycles. The van der Waals surface area contributed by atoms with E-state index in [0.29, 0.717) is 23.9 Å². The first-order valence-corrected chi connectivity index (χ1v) is 9.24. The van der Waals surface area contributed by atoms with E-state index >= 15 is 0 Å². The van der Waals surface area contributed by atoms with Crippen LogP contribution < -0.4 is 4.90 Å². The van der Waals surface area contributed by atoms with E-state index in [9.17, 15) is 19.1 Å². The summed E-state index contributed by atoms with van der Waals surface area (Å²) in [7, 11) is 0. The highest BCUT2D eigenvalue weighted by atomic mass is 19.1. The number of anilines is 1. The Kier molecular flexibility index (Phi) is 6.60. The normalized spacial score (nSPS) is 11.2. The molecule has 0 aromatic heterocycles. The fourth-order valence-electron chi connectivity index (χ4n) is 3.01. The van der Waals surface area contributed by atoms with Crippen molar-refractivity contribution in [1.29, 1.82) is 0 Å². The molecule has 0 aliphatic carbocycles. The smallest absolute Gasteiger partial charge is 0.376 e. The van der Waals surface area contributed by atoms with E-state index in [1.165, 1.54) is 6.07 Å². The van der Waals surface area contributed by atoms with Gasteiger partial charge < -0.3 is 15.1 Å². The predicted molar refractivity (Wildman–Crippen MR) is 112 cm³/mol. The van der Waals surface area contributed by atoms with Crippen molar-refractivity contribution in [2.45, 2.75) is 13.1 Å². The van der Waals surface area contributed by atoms with Crippen LogP contribution in [0.15, 0.2) is 84.9 Å². The van der Waals surface area contributed by atoms with Crippen LogP contribution in [0, 0.1) is 5.82 Å². The molecule has 0 aliphatic heterocycles. The molecule has 152 valence electrons. The molecule has 3 aromatic carbocycles. The first-order chi connectivity index (χ1) is 14.4. The lowest BCUT2D eigenvalue weighted by molar-refractivity contribution is -0.146. The van der Waals surface area contributed by atoms with Crippen molar-refractivity contribution < 1.29 is 24.2 Å². The summed E-state index contributed by atoms with van der Waals surface area (Å²) in [6, 6.07) is 22.8. The minimum Gasteiger partial charge on any atom is -0.507 e. The van der Waals surface area contributed by atoms with Crippen LogP contribution in [-0.2, 0) is 22.7 Å². The van der Waals surface area contributed by atoms with Crippen molar-refractivity contribution in [2.75, 3.05) is 4.90 Å². The Hall–Kier alpha value is -3.93. The van der Waals surface area contributed by atoms with Gasteiger partial charge in [-0.25, -0.2) is 9.18 Å². The largest absolute Gasteiger partial charge is 0.507 e. The Bertz CT molecular complexity index is 1080. The van der Waals surface area contributed by atoms with Crippen LogP contribution in [0.25, 0.3) is 5.76 Å². The summed E-state index contributed by atoms with van der Waals surface area (Å²) >= 11 is 0. The summed E-state index contributed by atoms with van der Waals surface area (Å²) in [6.07, 6.45) is 0.667. The van der Waals surface area contributed by atoms with Crippen LogP contribution in [0.4, 0.5) is 10.1 Å². The number of halogens is 1. The molecule has 0 radical (unpaired) electrons. The molecular weight excluding hydrogens is 385 g/mol. The van der Waals surface area contributed by atoms with E-state index in [2.05, 4.69) is 0 Å². The third-order valence-electron chi connectivity index (χ3n) is 4.52. The fraction of sp³-hybridized carbons (Fsp3) is 0.0833. The molecule has 5 nitrogen and oxygen atoms in total. The number of aliphatic hydroxyl groups is 1. The predicted octanol–water partition coefficient (Wildman–Crippen LogP) is 4.59. The van der Waals surface area contributed by atoms with Gasteiger partial charge in [0.1, 0.15) is 11.6 Å². The molecule has 0 fully saturated rings. The summed E-state index contributed by atoms with van der Waals surface area (Å²) in [5.41, 5.74) is 2.50. The minimum atomic E-state index is -1.65. The van der Waals surface area contributed by atoms with Gasteiger partial charge in [0.15, 0.2) is 0 Å². The van der Waals surface area contributed by atoms with Gasteiger partial charge in [-0.1, -0.05) is 60.7 Å². The molecule has 6 heteroatoms. The molecule has 0 aliphatic rings. The summed E-state index contributed by atoms with van der Waals surface area (Å²) < 4.78 is 14.3. The van der Waals surface area contributed by atoms with Gasteiger partial charge in [0, 0.05) is 36.0 Å². The van der Waals surface area contributed by atoms with E-state index < -0.39 is 17.5 Å². The van der Waals surface area contributed by atoms with Crippen molar-refractivity contribution in [3.63, 3.8) is 0 Å². The maximum Gasteiger partial charge on any atom is 0.376 e. The van der Waals surface area contributed by atoms with Crippen LogP contribution in [-0.4, -0.2) is 22.0 Å². The maximum atomic E-state index is 14.3. The van der Waals surface area contributed by atoms with E-state index in [4.69, 9.17) is 5.11 Å². The molecule has 0 unspecified atom stereocenters. The lowest BCUT2D eigenvalue weighted by atomic mass is 10.1. The number of benzene rings is 3. The second-order valence-corrected chi connectivity index (χ2v) is 6.68. The summed E-state index contributed by atoms with van der Waals surface area (Å²) in [5.74, 6) is -3.63. The highest BCUT2D eigenvalue weighted by Crippen LogP contribution is 2.25. The zero-order chi connectivity index (χ0) is 21.5. The Morgan fingerprint density at radius 2 is 1.57 bits per heavy atom. The number of rotatable bonds is 8. The molecule has 0 bridgehead atoms. The van der Waals surface area contributed by atoms with Gasteiger partial charge in [0.05, 0.1) is 0 Å². The van der Waals surface area contributed by atoms with Crippen molar-refractivity contribution in [3.05, 3.63) is 107 Å². The van der Waals surface area contributed by atoms with Crippen molar-refractivity contribution in [3.8, 4) is 0 Å². The fourth-order valence-corrected chi connectivity index (χ4v) is 3.01. The molecule has 2 N–H and O–H groups in total. The number of hydrogen-bond acceptors (Lipinski definition) is 4. The van der Waals surface area contributed by atoms with E-state index in [1.807, 2.05) is 35.2 Å². The van der Waals surface area contributed by atoms with Crippen molar-refractivity contribution >= 4 is 23.2 Å². The maximum absolute atomic E-state index is 14.3. The summed E-state index contributed by atoms with van der Waals surface area (Å²) in [4.78, 5) is 24.0. The first kappa shape index (κ1) is 20.8. The van der Waals surface area contributed by atoms with E-state index in [1.54, 1.807) is 42.5 Å². The molecule has 0 amide bonds. The van der Waals surface area contributed by atoms with Gasteiger partial charge in [0.2, 0.25) is 0 Å². The van der Waals surface area contributed by atoms with Crippen LogP contribution in [0.3, 0.4) is 0 Å². The minimum absolute atomic E-state index is 0.281. The van der Waals surface area contributed by atoms with Gasteiger partial charge in [-0.05, 0) is 23.8 Å². The molecular formula is C24H20FNO4. The monoisotopic (exact) mass is 405 g/mol. The Balaban J connectivity index is 1.95. The standard InChI is InChI=1S/C24H20FNO4/c25-21-12-5-4-9-19(21)16-26(15-17-7-2-1-3-8-17)20-11-6-10-18(13-20)22(27)14-23(28)24(29)30/h1-14,27H,15-16H2,(H,29,30)/b22-14-. The lowest BCUT2D eigenvalue weighted by Crippen LogP contribution is -2.22. The van der Waals surface area contributed by atoms with Gasteiger partial charge in [-0.3, -0.25) is 4.79 Å².